The first-order chi connectivity index (χ1) is 9.19. The number of hydrogen-bond acceptors (Lipinski definition) is 3. The highest BCUT2D eigenvalue weighted by atomic mass is 16.5. The van der Waals surface area contributed by atoms with Crippen LogP contribution in [0.3, 0.4) is 0 Å². The van der Waals surface area contributed by atoms with Gasteiger partial charge in [0.05, 0.1) is 7.11 Å². The summed E-state index contributed by atoms with van der Waals surface area (Å²) in [5.74, 6) is 0.769. The van der Waals surface area contributed by atoms with Gasteiger partial charge in [-0.15, -0.1) is 0 Å². The summed E-state index contributed by atoms with van der Waals surface area (Å²) in [4.78, 5) is 20.3. The smallest absolute Gasteiger partial charge is 0.150 e. The van der Waals surface area contributed by atoms with Crippen molar-refractivity contribution in [1.82, 2.24) is 0 Å². The van der Waals surface area contributed by atoms with Gasteiger partial charge < -0.3 is 4.74 Å². The van der Waals surface area contributed by atoms with Gasteiger partial charge in [0.15, 0.2) is 0 Å². The Balaban J connectivity index is 0.000000345. The van der Waals surface area contributed by atoms with E-state index < -0.39 is 0 Å². The lowest BCUT2D eigenvalue weighted by Gasteiger charge is -1.96. The van der Waals surface area contributed by atoms with Crippen LogP contribution in [-0.2, 0) is 0 Å². The summed E-state index contributed by atoms with van der Waals surface area (Å²) in [6.45, 7) is 1.99. The Morgan fingerprint density at radius 2 is 1.20 bits per heavy atom. The Kier molecular flexibility index (Phi) is 8.35. The van der Waals surface area contributed by atoms with Gasteiger partial charge in [0.25, 0.3) is 0 Å². The highest BCUT2D eigenvalue weighted by Gasteiger charge is 1.89. The van der Waals surface area contributed by atoms with Gasteiger partial charge in [-0.25, -0.2) is 0 Å². The van der Waals surface area contributed by atoms with Gasteiger partial charge >= 0.3 is 0 Å². The lowest BCUT2D eigenvalue weighted by molar-refractivity contribution is 0.111. The fraction of sp³-hybridized carbons (Fsp3) is 0.176. The van der Waals surface area contributed by atoms with E-state index in [2.05, 4.69) is 0 Å². The number of methoxy groups -OCH3 is 1. The molecule has 106 valence electrons. The molecule has 0 spiro atoms. The summed E-state index contributed by atoms with van der Waals surface area (Å²) >= 11 is 0. The zero-order chi connectivity index (χ0) is 14.1. The molecule has 0 atom stereocenters. The fourth-order valence-electron chi connectivity index (χ4n) is 1.33. The van der Waals surface area contributed by atoms with Crippen molar-refractivity contribution in [2.75, 3.05) is 7.11 Å². The van der Waals surface area contributed by atoms with Gasteiger partial charge in [0.1, 0.15) is 18.3 Å². The monoisotopic (exact) mass is 272 g/mol. The molecule has 0 aliphatic rings. The van der Waals surface area contributed by atoms with Crippen LogP contribution >= 0.6 is 0 Å². The van der Waals surface area contributed by atoms with Gasteiger partial charge in [0, 0.05) is 11.1 Å². The van der Waals surface area contributed by atoms with Crippen LogP contribution in [0.4, 0.5) is 0 Å². The number of ether oxygens (including phenoxy) is 1. The molecule has 2 aromatic carbocycles. The number of carbonyl (C=O) groups is 2. The van der Waals surface area contributed by atoms with Crippen LogP contribution in [0, 0.1) is 6.92 Å². The van der Waals surface area contributed by atoms with E-state index in [9.17, 15) is 9.59 Å². The number of hydrogen-bond donors (Lipinski definition) is 0. The minimum atomic E-state index is 0. The molecule has 0 bridgehead atoms. The summed E-state index contributed by atoms with van der Waals surface area (Å²) in [5.41, 5.74) is 2.59. The van der Waals surface area contributed by atoms with Crippen LogP contribution in [-0.4, -0.2) is 19.7 Å². The van der Waals surface area contributed by atoms with Gasteiger partial charge in [0.2, 0.25) is 0 Å². The van der Waals surface area contributed by atoms with Crippen molar-refractivity contribution in [3.63, 3.8) is 0 Å². The van der Waals surface area contributed by atoms with E-state index >= 15 is 0 Å². The predicted octanol–water partition coefficient (Wildman–Crippen LogP) is 3.95. The lowest BCUT2D eigenvalue weighted by Crippen LogP contribution is -1.82. The molecule has 0 N–H and O–H groups in total. The Bertz CT molecular complexity index is 513. The average molecular weight is 272 g/mol. The maximum Gasteiger partial charge on any atom is 0.150 e. The fourth-order valence-corrected chi connectivity index (χ4v) is 1.33. The Morgan fingerprint density at radius 1 is 0.800 bits per heavy atom. The molecule has 3 nitrogen and oxygen atoms in total. The predicted molar refractivity (Wildman–Crippen MR) is 81.7 cm³/mol. The van der Waals surface area contributed by atoms with E-state index in [1.165, 1.54) is 5.56 Å². The van der Waals surface area contributed by atoms with Crippen LogP contribution in [0.15, 0.2) is 48.5 Å². The first kappa shape index (κ1) is 17.6. The summed E-state index contributed by atoms with van der Waals surface area (Å²) < 4.78 is 4.90. The van der Waals surface area contributed by atoms with E-state index in [4.69, 9.17) is 4.74 Å². The molecule has 0 unspecified atom stereocenters. The molecule has 3 heteroatoms. The summed E-state index contributed by atoms with van der Waals surface area (Å²) in [6, 6.07) is 14.4. The highest BCUT2D eigenvalue weighted by Crippen LogP contribution is 2.09. The zero-order valence-electron chi connectivity index (χ0n) is 11.0. The summed E-state index contributed by atoms with van der Waals surface area (Å²) in [7, 11) is 1.59. The Labute approximate surface area is 120 Å². The molecule has 0 saturated heterocycles. The molecular weight excluding hydrogens is 252 g/mol. The Morgan fingerprint density at radius 3 is 1.55 bits per heavy atom. The second-order valence-corrected chi connectivity index (χ2v) is 3.92. The molecule has 0 heterocycles. The second-order valence-electron chi connectivity index (χ2n) is 3.92. The maximum absolute atomic E-state index is 10.2. The van der Waals surface area contributed by atoms with E-state index in [1.54, 1.807) is 31.4 Å². The van der Waals surface area contributed by atoms with E-state index in [0.29, 0.717) is 5.56 Å². The van der Waals surface area contributed by atoms with Gasteiger partial charge in [-0.1, -0.05) is 37.3 Å². The standard InChI is InChI=1S/C8H8O2.C8H8O.CH4/c1-10-8-4-2-7(6-9)3-5-8;1-7-2-4-8(6-9)5-3-7;/h2-6H,1H3;2-6H,1H3;1H4. The highest BCUT2D eigenvalue weighted by molar-refractivity contribution is 5.75. The van der Waals surface area contributed by atoms with Crippen LogP contribution < -0.4 is 4.74 Å². The van der Waals surface area contributed by atoms with Crippen LogP contribution in [0.2, 0.25) is 0 Å². The van der Waals surface area contributed by atoms with Crippen molar-refractivity contribution in [3.8, 4) is 5.75 Å². The first-order valence-electron chi connectivity index (χ1n) is 5.80. The third kappa shape index (κ3) is 5.96. The van der Waals surface area contributed by atoms with E-state index in [0.717, 1.165) is 23.9 Å². The van der Waals surface area contributed by atoms with Gasteiger partial charge in [-0.2, -0.15) is 0 Å². The number of carbonyl (C=O) groups excluding carboxylic acids is 2. The topological polar surface area (TPSA) is 43.4 Å². The SMILES string of the molecule is C.COc1ccc(C=O)cc1.Cc1ccc(C=O)cc1. The third-order valence-electron chi connectivity index (χ3n) is 2.47. The lowest BCUT2D eigenvalue weighted by atomic mass is 10.2. The van der Waals surface area contributed by atoms with Crippen molar-refractivity contribution < 1.29 is 14.3 Å². The second kappa shape index (κ2) is 9.50. The quantitative estimate of drug-likeness (QED) is 0.794. The van der Waals surface area contributed by atoms with Crippen molar-refractivity contribution in [2.45, 2.75) is 14.4 Å². The number of benzene rings is 2. The largest absolute Gasteiger partial charge is 0.497 e. The normalized spacial score (nSPS) is 8.50. The van der Waals surface area contributed by atoms with Gasteiger partial charge in [-0.05, 0) is 31.2 Å². The van der Waals surface area contributed by atoms with Crippen LogP contribution in [0.5, 0.6) is 5.75 Å². The van der Waals surface area contributed by atoms with Crippen molar-refractivity contribution in [3.05, 3.63) is 65.2 Å². The molecule has 0 aliphatic heterocycles. The van der Waals surface area contributed by atoms with E-state index in [-0.39, 0.29) is 7.43 Å². The minimum Gasteiger partial charge on any atom is -0.497 e. The molecule has 0 saturated carbocycles. The molecule has 0 fully saturated rings. The maximum atomic E-state index is 10.2. The Hall–Kier alpha value is -2.42. The molecule has 0 amide bonds. The molecule has 2 aromatic rings. The molecule has 20 heavy (non-hydrogen) atoms. The molecule has 0 radical (unpaired) electrons. The van der Waals surface area contributed by atoms with Crippen molar-refractivity contribution in [1.29, 1.82) is 0 Å². The van der Waals surface area contributed by atoms with Crippen molar-refractivity contribution >= 4 is 12.6 Å². The number of rotatable bonds is 3. The number of aldehydes is 2. The third-order valence-corrected chi connectivity index (χ3v) is 2.47. The average Bonchev–Trinajstić information content (AvgIpc) is 2.49. The minimum absolute atomic E-state index is 0. The molecule has 0 aromatic heterocycles. The zero-order valence-corrected chi connectivity index (χ0v) is 11.0. The van der Waals surface area contributed by atoms with E-state index in [1.807, 2.05) is 31.2 Å². The van der Waals surface area contributed by atoms with Gasteiger partial charge in [-0.3, -0.25) is 9.59 Å². The molecule has 2 rings (SSSR count). The van der Waals surface area contributed by atoms with Crippen LogP contribution in [0.1, 0.15) is 33.7 Å². The number of aryl methyl sites for hydroxylation is 1. The first-order valence-corrected chi connectivity index (χ1v) is 5.80. The summed E-state index contributed by atoms with van der Waals surface area (Å²) in [5, 5.41) is 0. The molecule has 0 aliphatic carbocycles. The van der Waals surface area contributed by atoms with Crippen molar-refractivity contribution in [2.24, 2.45) is 0 Å². The van der Waals surface area contributed by atoms with Crippen LogP contribution in [0.25, 0.3) is 0 Å². The summed E-state index contributed by atoms with van der Waals surface area (Å²) in [6.07, 6.45) is 1.65. The molecular formula is C17H20O3.